The lowest BCUT2D eigenvalue weighted by molar-refractivity contribution is 0.785. The Hall–Kier alpha value is -8.14. The van der Waals surface area contributed by atoms with Crippen LogP contribution >= 0.6 is 0 Å². The summed E-state index contributed by atoms with van der Waals surface area (Å²) >= 11 is 0. The number of rotatable bonds is 3. The molecule has 10 aromatic carbocycles. The predicted molar refractivity (Wildman–Crippen MR) is 256 cm³/mol. The molecule has 1 unspecified atom stereocenters. The van der Waals surface area contributed by atoms with E-state index in [1.165, 1.54) is 104 Å². The van der Waals surface area contributed by atoms with Crippen molar-refractivity contribution in [1.82, 2.24) is 14.5 Å². The van der Waals surface area contributed by atoms with Crippen LogP contribution in [0.25, 0.3) is 104 Å². The van der Waals surface area contributed by atoms with E-state index >= 15 is 0 Å². The highest BCUT2D eigenvalue weighted by molar-refractivity contribution is 6.23. The van der Waals surface area contributed by atoms with E-state index in [1.807, 2.05) is 0 Å². The third-order valence-electron chi connectivity index (χ3n) is 13.9. The Morgan fingerprint density at radius 2 is 1.02 bits per heavy atom. The predicted octanol–water partition coefficient (Wildman–Crippen LogP) is 14.7. The minimum Gasteiger partial charge on any atom is -0.309 e. The number of hydrogen-bond donors (Lipinski definition) is 0. The van der Waals surface area contributed by atoms with Crippen LogP contribution in [0.15, 0.2) is 213 Å². The summed E-state index contributed by atoms with van der Waals surface area (Å²) < 4.78 is 2.47. The van der Waals surface area contributed by atoms with Gasteiger partial charge in [0.05, 0.1) is 22.1 Å². The first-order chi connectivity index (χ1) is 30.8. The van der Waals surface area contributed by atoms with Gasteiger partial charge in [0.1, 0.15) is 6.33 Å². The van der Waals surface area contributed by atoms with Crippen LogP contribution in [-0.2, 0) is 5.41 Å². The Labute approximate surface area is 357 Å². The van der Waals surface area contributed by atoms with Crippen LogP contribution in [0.2, 0.25) is 0 Å². The second-order valence-electron chi connectivity index (χ2n) is 16.8. The molecule has 1 spiro atoms. The minimum absolute atomic E-state index is 0.655. The van der Waals surface area contributed by atoms with Crippen LogP contribution in [0, 0.1) is 0 Å². The van der Waals surface area contributed by atoms with Crippen molar-refractivity contribution >= 4 is 54.1 Å². The summed E-state index contributed by atoms with van der Waals surface area (Å²) in [5.41, 5.74) is 17.3. The standard InChI is InChI=1S/C59H35N3/c1-3-16-37(17-4-1)55-42-22-9-11-24-44(42)56(45-25-12-10-23-43(45)55)38-27-29-46-50(31-38)59(52-34-60-35-61-58(46)52)49-26-14-13-21-41(49)47-32-48-54(33-51(47)59)62(39-18-5-2-6-19-39)53-30-28-36-15-7-8-20-40(36)57(48)53/h1-35H. The molecular weight excluding hydrogens is 751 g/mol. The molecule has 0 fully saturated rings. The third-order valence-corrected chi connectivity index (χ3v) is 13.9. The van der Waals surface area contributed by atoms with Crippen LogP contribution < -0.4 is 0 Å². The molecule has 12 aromatic rings. The zero-order valence-corrected chi connectivity index (χ0v) is 33.5. The number of aromatic nitrogens is 3. The fraction of sp³-hybridized carbons (Fsp3) is 0.0169. The second-order valence-corrected chi connectivity index (χ2v) is 16.8. The Kier molecular flexibility index (Phi) is 6.76. The van der Waals surface area contributed by atoms with E-state index in [0.717, 1.165) is 22.5 Å². The molecule has 2 aromatic heterocycles. The summed E-state index contributed by atoms with van der Waals surface area (Å²) in [5, 5.41) is 10.0. The topological polar surface area (TPSA) is 30.7 Å². The second kappa shape index (κ2) is 12.4. The Balaban J connectivity index is 1.12. The maximum Gasteiger partial charge on any atom is 0.116 e. The van der Waals surface area contributed by atoms with Crippen molar-refractivity contribution < 1.29 is 0 Å². The van der Waals surface area contributed by atoms with Crippen LogP contribution in [0.1, 0.15) is 22.3 Å². The summed E-state index contributed by atoms with van der Waals surface area (Å²) in [6.07, 6.45) is 3.79. The lowest BCUT2D eigenvalue weighted by Crippen LogP contribution is -2.26. The van der Waals surface area contributed by atoms with Gasteiger partial charge in [-0.05, 0) is 119 Å². The van der Waals surface area contributed by atoms with Crippen molar-refractivity contribution in [1.29, 1.82) is 0 Å². The monoisotopic (exact) mass is 785 g/mol. The van der Waals surface area contributed by atoms with Crippen molar-refractivity contribution in [2.45, 2.75) is 5.41 Å². The van der Waals surface area contributed by atoms with E-state index in [9.17, 15) is 0 Å². The molecule has 0 radical (unpaired) electrons. The molecule has 0 saturated carbocycles. The average Bonchev–Trinajstić information content (AvgIpc) is 3.94. The average molecular weight is 786 g/mol. The highest BCUT2D eigenvalue weighted by Crippen LogP contribution is 2.63. The van der Waals surface area contributed by atoms with E-state index in [1.54, 1.807) is 6.33 Å². The third kappa shape index (κ3) is 4.29. The lowest BCUT2D eigenvalue weighted by atomic mass is 9.70. The van der Waals surface area contributed by atoms with Crippen LogP contribution in [0.3, 0.4) is 0 Å². The van der Waals surface area contributed by atoms with Crippen molar-refractivity contribution in [2.24, 2.45) is 0 Å². The maximum atomic E-state index is 5.09. The maximum absolute atomic E-state index is 5.09. The molecule has 3 nitrogen and oxygen atoms in total. The van der Waals surface area contributed by atoms with Gasteiger partial charge in [0.15, 0.2) is 0 Å². The fourth-order valence-electron chi connectivity index (χ4n) is 11.5. The molecule has 2 aliphatic rings. The van der Waals surface area contributed by atoms with Crippen molar-refractivity contribution in [3.8, 4) is 50.3 Å². The van der Waals surface area contributed by atoms with Crippen molar-refractivity contribution in [2.75, 3.05) is 0 Å². The first-order valence-electron chi connectivity index (χ1n) is 21.4. The zero-order chi connectivity index (χ0) is 40.5. The smallest absolute Gasteiger partial charge is 0.116 e. The highest BCUT2D eigenvalue weighted by atomic mass is 15.0. The quantitative estimate of drug-likeness (QED) is 0.167. The van der Waals surface area contributed by atoms with Gasteiger partial charge < -0.3 is 4.57 Å². The largest absolute Gasteiger partial charge is 0.309 e. The van der Waals surface area contributed by atoms with Gasteiger partial charge >= 0.3 is 0 Å². The van der Waals surface area contributed by atoms with E-state index in [2.05, 4.69) is 211 Å². The summed E-state index contributed by atoms with van der Waals surface area (Å²) in [4.78, 5) is 9.88. The molecule has 14 rings (SSSR count). The highest BCUT2D eigenvalue weighted by Gasteiger charge is 2.53. The summed E-state index contributed by atoms with van der Waals surface area (Å²) in [6, 6.07) is 74.1. The van der Waals surface area contributed by atoms with Gasteiger partial charge in [-0.2, -0.15) is 0 Å². The molecule has 0 N–H and O–H groups in total. The minimum atomic E-state index is -0.655. The molecule has 0 amide bonds. The number of para-hydroxylation sites is 1. The molecule has 0 saturated heterocycles. The first kappa shape index (κ1) is 33.7. The normalized spacial score (nSPS) is 14.8. The zero-order valence-electron chi connectivity index (χ0n) is 33.5. The van der Waals surface area contributed by atoms with Gasteiger partial charge in [0.2, 0.25) is 0 Å². The van der Waals surface area contributed by atoms with Crippen molar-refractivity contribution in [3.63, 3.8) is 0 Å². The molecule has 0 aliphatic heterocycles. The number of benzene rings is 10. The number of hydrogen-bond acceptors (Lipinski definition) is 2. The molecular formula is C59H35N3. The van der Waals surface area contributed by atoms with E-state index in [0.29, 0.717) is 0 Å². The molecule has 2 heterocycles. The van der Waals surface area contributed by atoms with Gasteiger partial charge in [-0.3, -0.25) is 0 Å². The van der Waals surface area contributed by atoms with Crippen LogP contribution in [0.5, 0.6) is 0 Å². The molecule has 3 heteroatoms. The first-order valence-corrected chi connectivity index (χ1v) is 21.4. The molecule has 62 heavy (non-hydrogen) atoms. The molecule has 1 atom stereocenters. The fourth-order valence-corrected chi connectivity index (χ4v) is 11.5. The van der Waals surface area contributed by atoms with Gasteiger partial charge in [-0.1, -0.05) is 164 Å². The van der Waals surface area contributed by atoms with Gasteiger partial charge in [-0.15, -0.1) is 0 Å². The lowest BCUT2D eigenvalue weighted by Gasteiger charge is -2.30. The molecule has 2 aliphatic carbocycles. The van der Waals surface area contributed by atoms with Crippen LogP contribution in [-0.4, -0.2) is 14.5 Å². The van der Waals surface area contributed by atoms with Gasteiger partial charge in [-0.25, -0.2) is 9.97 Å². The van der Waals surface area contributed by atoms with E-state index < -0.39 is 5.41 Å². The van der Waals surface area contributed by atoms with Gasteiger partial charge in [0.25, 0.3) is 0 Å². The van der Waals surface area contributed by atoms with Crippen molar-refractivity contribution in [3.05, 3.63) is 235 Å². The SMILES string of the molecule is c1ccc(-c2c3ccccc3c(-c3ccc4c(c3)C3(c5ccccc5-c5cc6c7c8ccccc8ccc7n(-c7ccccc7)c6cc53)c3cncnc3-4)c3ccccc23)cc1. The summed E-state index contributed by atoms with van der Waals surface area (Å²) in [6.45, 7) is 0. The molecule has 0 bridgehead atoms. The number of fused-ring (bicyclic) bond motifs is 17. The summed E-state index contributed by atoms with van der Waals surface area (Å²) in [7, 11) is 0. The Morgan fingerprint density at radius 1 is 0.387 bits per heavy atom. The van der Waals surface area contributed by atoms with E-state index in [-0.39, 0.29) is 0 Å². The van der Waals surface area contributed by atoms with Crippen LogP contribution in [0.4, 0.5) is 0 Å². The van der Waals surface area contributed by atoms with E-state index in [4.69, 9.17) is 9.97 Å². The Bertz CT molecular complexity index is 3810. The number of nitrogens with zero attached hydrogens (tertiary/aromatic N) is 3. The summed E-state index contributed by atoms with van der Waals surface area (Å²) in [5.74, 6) is 0. The molecule has 286 valence electrons. The Morgan fingerprint density at radius 3 is 1.77 bits per heavy atom. The van der Waals surface area contributed by atoms with Gasteiger partial charge in [0, 0.05) is 33.8 Å².